The number of hydrogen-bond donors (Lipinski definition) is 5. The fraction of sp³-hybridized carbons (Fsp3) is 0.607. The van der Waals surface area contributed by atoms with E-state index in [1.807, 2.05) is 111 Å². The molecule has 384 valence electrons. The van der Waals surface area contributed by atoms with Crippen LogP contribution in [-0.4, -0.2) is 134 Å². The first-order chi connectivity index (χ1) is 33.8. The van der Waals surface area contributed by atoms with Crippen molar-refractivity contribution < 1.29 is 33.4 Å². The summed E-state index contributed by atoms with van der Waals surface area (Å²) < 4.78 is 12.6. The van der Waals surface area contributed by atoms with Crippen LogP contribution in [0.3, 0.4) is 0 Å². The molecule has 0 spiro atoms. The Morgan fingerprint density at radius 1 is 0.690 bits per heavy atom. The fourth-order valence-corrected chi connectivity index (χ4v) is 10.2. The average molecular weight is 975 g/mol. The Morgan fingerprint density at radius 3 is 1.59 bits per heavy atom. The van der Waals surface area contributed by atoms with Gasteiger partial charge in [-0.1, -0.05) is 109 Å². The van der Waals surface area contributed by atoms with Crippen molar-refractivity contribution in [2.75, 3.05) is 40.4 Å². The summed E-state index contributed by atoms with van der Waals surface area (Å²) >= 11 is 0. The maximum atomic E-state index is 14.3. The van der Waals surface area contributed by atoms with E-state index in [0.29, 0.717) is 51.6 Å². The summed E-state index contributed by atoms with van der Waals surface area (Å²) in [5.74, 6) is 10.6. The molecule has 71 heavy (non-hydrogen) atoms. The third-order valence-electron chi connectivity index (χ3n) is 14.5. The molecule has 5 amide bonds. The molecule has 10 unspecified atom stereocenters. The number of likely N-dealkylation sites (N-methyl/N-ethyl adjacent to an activating group) is 1. The molecular formula is C56H78N8O7. The second kappa shape index (κ2) is 24.2. The van der Waals surface area contributed by atoms with Gasteiger partial charge in [-0.05, 0) is 105 Å². The Kier molecular flexibility index (Phi) is 18.7. The number of carbonyl (C=O) groups excluding carboxylic acids is 5. The molecule has 2 heterocycles. The van der Waals surface area contributed by atoms with E-state index in [-0.39, 0.29) is 54.9 Å². The van der Waals surface area contributed by atoms with Crippen molar-refractivity contribution in [1.29, 1.82) is 0 Å². The van der Waals surface area contributed by atoms with Crippen molar-refractivity contribution in [1.82, 2.24) is 36.4 Å². The van der Waals surface area contributed by atoms with Gasteiger partial charge in [0.25, 0.3) is 0 Å². The lowest BCUT2D eigenvalue weighted by molar-refractivity contribution is -0.144. The SMILES string of the molecule is CCC(=NC(C(=O)N1CCCC1C(=O)NC1c2ccccc2CC1OCC#CC#CCOC1Cc2ccccc2C1NC(=O)C1CCCN1C(=O)C(NC(=O)C(C)NC)C(C)(C)C)C(C)(C)C)C(C)NC. The Bertz CT molecular complexity index is 2400. The smallest absolute Gasteiger partial charge is 0.248 e. The topological polar surface area (TPSA) is 183 Å². The first kappa shape index (κ1) is 54.7. The first-order valence-corrected chi connectivity index (χ1v) is 25.6. The lowest BCUT2D eigenvalue weighted by Crippen LogP contribution is -2.59. The van der Waals surface area contributed by atoms with E-state index in [9.17, 15) is 24.0 Å². The summed E-state index contributed by atoms with van der Waals surface area (Å²) in [6, 6.07) is 11.9. The number of likely N-dealkylation sites (tertiary alicyclic amines) is 2. The van der Waals surface area contributed by atoms with Gasteiger partial charge in [0.15, 0.2) is 0 Å². The van der Waals surface area contributed by atoms with E-state index in [4.69, 9.17) is 14.5 Å². The van der Waals surface area contributed by atoms with Crippen molar-refractivity contribution in [3.8, 4) is 23.7 Å². The minimum absolute atomic E-state index is 0.0256. The van der Waals surface area contributed by atoms with Crippen LogP contribution in [0.15, 0.2) is 53.5 Å². The number of hydrogen-bond acceptors (Lipinski definition) is 10. The van der Waals surface area contributed by atoms with Gasteiger partial charge < -0.3 is 45.9 Å². The zero-order valence-electron chi connectivity index (χ0n) is 43.9. The van der Waals surface area contributed by atoms with E-state index in [0.717, 1.165) is 34.4 Å². The van der Waals surface area contributed by atoms with Gasteiger partial charge in [0.1, 0.15) is 37.4 Å². The number of benzene rings is 2. The second-order valence-corrected chi connectivity index (χ2v) is 21.5. The second-order valence-electron chi connectivity index (χ2n) is 21.5. The molecule has 0 aromatic heterocycles. The third kappa shape index (κ3) is 13.3. The molecule has 2 aromatic rings. The van der Waals surface area contributed by atoms with Crippen LogP contribution in [0.5, 0.6) is 0 Å². The van der Waals surface area contributed by atoms with Gasteiger partial charge in [-0.2, -0.15) is 0 Å². The van der Waals surface area contributed by atoms with Gasteiger partial charge in [0.05, 0.1) is 30.3 Å². The van der Waals surface area contributed by atoms with Crippen molar-refractivity contribution in [3.63, 3.8) is 0 Å². The molecular weight excluding hydrogens is 897 g/mol. The van der Waals surface area contributed by atoms with Crippen LogP contribution in [0.2, 0.25) is 0 Å². The molecule has 0 radical (unpaired) electrons. The quantitative estimate of drug-likeness (QED) is 0.112. The highest BCUT2D eigenvalue weighted by atomic mass is 16.5. The van der Waals surface area contributed by atoms with Crippen LogP contribution >= 0.6 is 0 Å². The molecule has 10 atom stereocenters. The van der Waals surface area contributed by atoms with Crippen LogP contribution < -0.4 is 26.6 Å². The fourth-order valence-electron chi connectivity index (χ4n) is 10.2. The molecule has 2 fully saturated rings. The monoisotopic (exact) mass is 975 g/mol. The zero-order valence-corrected chi connectivity index (χ0v) is 43.9. The number of rotatable bonds is 17. The Hall–Kier alpha value is -5.58. The van der Waals surface area contributed by atoms with Crippen molar-refractivity contribution in [2.24, 2.45) is 15.8 Å². The number of nitrogens with one attached hydrogen (secondary N) is 5. The summed E-state index contributed by atoms with van der Waals surface area (Å²) in [6.45, 7) is 18.7. The van der Waals surface area contributed by atoms with E-state index >= 15 is 0 Å². The van der Waals surface area contributed by atoms with Gasteiger partial charge in [0.2, 0.25) is 29.5 Å². The molecule has 4 aliphatic rings. The minimum atomic E-state index is -0.812. The average Bonchev–Trinajstić information content (AvgIpc) is 4.16. The molecule has 15 nitrogen and oxygen atoms in total. The molecule has 2 aliphatic carbocycles. The maximum Gasteiger partial charge on any atom is 0.248 e. The van der Waals surface area contributed by atoms with Crippen LogP contribution in [0.4, 0.5) is 0 Å². The van der Waals surface area contributed by atoms with Gasteiger partial charge in [-0.25, -0.2) is 0 Å². The lowest BCUT2D eigenvalue weighted by atomic mass is 9.85. The molecule has 0 saturated carbocycles. The van der Waals surface area contributed by atoms with Crippen LogP contribution in [0.1, 0.15) is 129 Å². The zero-order chi connectivity index (χ0) is 51.6. The van der Waals surface area contributed by atoms with Crippen molar-refractivity contribution in [3.05, 3.63) is 70.8 Å². The van der Waals surface area contributed by atoms with E-state index < -0.39 is 59.2 Å². The van der Waals surface area contributed by atoms with E-state index in [2.05, 4.69) is 50.3 Å². The molecule has 2 aliphatic heterocycles. The highest BCUT2D eigenvalue weighted by Gasteiger charge is 2.45. The summed E-state index contributed by atoms with van der Waals surface area (Å²) in [7, 11) is 3.58. The largest absolute Gasteiger partial charge is 0.363 e. The summed E-state index contributed by atoms with van der Waals surface area (Å²) in [5, 5.41) is 15.6. The summed E-state index contributed by atoms with van der Waals surface area (Å²) in [4.78, 5) is 77.9. The molecule has 5 N–H and O–H groups in total. The molecule has 15 heteroatoms. The maximum absolute atomic E-state index is 14.3. The Balaban J connectivity index is 1.05. The molecule has 2 saturated heterocycles. The minimum Gasteiger partial charge on any atom is -0.363 e. The Morgan fingerprint density at radius 2 is 1.15 bits per heavy atom. The number of nitrogens with zero attached hydrogens (tertiary/aromatic N) is 3. The summed E-state index contributed by atoms with van der Waals surface area (Å²) in [6.07, 6.45) is 3.62. The normalized spacial score (nSPS) is 23.5. The number of ether oxygens (including phenoxy) is 2. The van der Waals surface area contributed by atoms with Crippen molar-refractivity contribution >= 4 is 35.2 Å². The van der Waals surface area contributed by atoms with Crippen LogP contribution in [0.25, 0.3) is 0 Å². The number of fused-ring (bicyclic) bond motifs is 2. The van der Waals surface area contributed by atoms with E-state index in [1.165, 1.54) is 0 Å². The number of carbonyl (C=O) groups is 5. The van der Waals surface area contributed by atoms with Gasteiger partial charge in [-0.3, -0.25) is 29.0 Å². The van der Waals surface area contributed by atoms with Gasteiger partial charge >= 0.3 is 0 Å². The van der Waals surface area contributed by atoms with Crippen LogP contribution in [0, 0.1) is 34.5 Å². The Labute approximate surface area is 422 Å². The first-order valence-electron chi connectivity index (χ1n) is 25.6. The predicted octanol–water partition coefficient (Wildman–Crippen LogP) is 4.59. The number of aliphatic imine (C=N–C) groups is 1. The lowest BCUT2D eigenvalue weighted by Gasteiger charge is -2.36. The van der Waals surface area contributed by atoms with Crippen molar-refractivity contribution in [2.45, 2.75) is 168 Å². The molecule has 6 rings (SSSR count). The standard InChI is InChI=1S/C56H78N8O7/c1-12-41(35(2)57-10)59-48(55(4,5)6)53(68)63-29-21-27-42(63)51(66)60-46-39-25-17-15-23-37(39)33-44(46)70-31-19-13-14-20-32-71-45-34-38-24-16-18-26-40(38)47(45)61-52(67)43-28-22-30-64(43)54(69)49(56(7,8)9)62-50(65)36(3)58-11/h15-18,23-26,35-36,42-49,57-58H,12,21-22,27-34H2,1-11H3,(H,60,66)(H,61,67)(H,62,65). The third-order valence-corrected chi connectivity index (χ3v) is 14.5. The highest BCUT2D eigenvalue weighted by Crippen LogP contribution is 2.36. The van der Waals surface area contributed by atoms with Crippen LogP contribution in [-0.2, 0) is 46.3 Å². The number of amides is 5. The van der Waals surface area contributed by atoms with E-state index in [1.54, 1.807) is 23.8 Å². The molecule has 2 aromatic carbocycles. The highest BCUT2D eigenvalue weighted by molar-refractivity contribution is 5.96. The van der Waals surface area contributed by atoms with Gasteiger partial charge in [-0.15, -0.1) is 0 Å². The summed E-state index contributed by atoms with van der Waals surface area (Å²) in [5.41, 5.74) is 4.00. The van der Waals surface area contributed by atoms with Gasteiger partial charge in [0, 0.05) is 37.7 Å². The predicted molar refractivity (Wildman–Crippen MR) is 276 cm³/mol. The molecule has 0 bridgehead atoms.